The van der Waals surface area contributed by atoms with Gasteiger partial charge in [-0.3, -0.25) is 0 Å². The number of carbonyl (C=O) groups excluding carboxylic acids is 1. The van der Waals surface area contributed by atoms with Crippen molar-refractivity contribution < 1.29 is 22.7 Å². The second-order valence-electron chi connectivity index (χ2n) is 5.06. The zero-order valence-corrected chi connectivity index (χ0v) is 11.8. The highest BCUT2D eigenvalue weighted by molar-refractivity contribution is 5.89. The molecule has 1 N–H and O–H groups in total. The molecule has 1 atom stereocenters. The number of hydrogen-bond acceptors (Lipinski definition) is 3. The van der Waals surface area contributed by atoms with Crippen LogP contribution >= 0.6 is 0 Å². The molecule has 0 radical (unpaired) electrons. The van der Waals surface area contributed by atoms with E-state index in [0.717, 1.165) is 25.5 Å². The van der Waals surface area contributed by atoms with Crippen molar-refractivity contribution >= 4 is 5.97 Å². The average molecular weight is 301 g/mol. The number of carbonyl (C=O) groups is 1. The van der Waals surface area contributed by atoms with Gasteiger partial charge < -0.3 is 10.1 Å². The first-order chi connectivity index (χ1) is 9.93. The predicted octanol–water partition coefficient (Wildman–Crippen LogP) is 3.35. The first-order valence-corrected chi connectivity index (χ1v) is 7.02. The maximum atomic E-state index is 13.3. The van der Waals surface area contributed by atoms with Crippen LogP contribution in [0.25, 0.3) is 0 Å². The smallest absolute Gasteiger partial charge is 0.416 e. The van der Waals surface area contributed by atoms with Crippen LogP contribution in [-0.2, 0) is 10.9 Å². The summed E-state index contributed by atoms with van der Waals surface area (Å²) in [4.78, 5) is 11.6. The monoisotopic (exact) mass is 301 g/mol. The molecule has 1 aliphatic heterocycles. The molecule has 6 heteroatoms. The van der Waals surface area contributed by atoms with Crippen molar-refractivity contribution in [3.63, 3.8) is 0 Å². The molecule has 21 heavy (non-hydrogen) atoms. The maximum absolute atomic E-state index is 13.3. The van der Waals surface area contributed by atoms with Crippen LogP contribution in [0.4, 0.5) is 13.2 Å². The minimum atomic E-state index is -4.48. The molecule has 0 spiro atoms. The summed E-state index contributed by atoms with van der Waals surface area (Å²) >= 11 is 0. The lowest BCUT2D eigenvalue weighted by Gasteiger charge is -2.26. The molecule has 3 nitrogen and oxygen atoms in total. The highest BCUT2D eigenvalue weighted by Gasteiger charge is 2.36. The number of esters is 1. The minimum Gasteiger partial charge on any atom is -0.462 e. The van der Waals surface area contributed by atoms with E-state index in [1.165, 1.54) is 12.1 Å². The molecule has 1 aromatic carbocycles. The van der Waals surface area contributed by atoms with Gasteiger partial charge in [0.2, 0.25) is 0 Å². The van der Waals surface area contributed by atoms with Crippen molar-refractivity contribution in [2.45, 2.75) is 31.9 Å². The molecule has 0 aromatic heterocycles. The second-order valence-corrected chi connectivity index (χ2v) is 5.06. The number of halogens is 3. The summed E-state index contributed by atoms with van der Waals surface area (Å²) in [6, 6.07) is 3.73. The van der Waals surface area contributed by atoms with Crippen molar-refractivity contribution in [1.82, 2.24) is 5.32 Å². The molecule has 1 aliphatic rings. The summed E-state index contributed by atoms with van der Waals surface area (Å²) in [5, 5.41) is 3.11. The molecule has 1 saturated heterocycles. The Morgan fingerprint density at radius 1 is 1.43 bits per heavy atom. The first kappa shape index (κ1) is 15.8. The third-order valence-electron chi connectivity index (χ3n) is 3.61. The Kier molecular flexibility index (Phi) is 4.88. The molecule has 116 valence electrons. The largest absolute Gasteiger partial charge is 0.462 e. The van der Waals surface area contributed by atoms with E-state index < -0.39 is 17.7 Å². The SMILES string of the molecule is CCOC(=O)c1ccc(C2CCCNC2)c(C(F)(F)F)c1. The van der Waals surface area contributed by atoms with Gasteiger partial charge in [-0.25, -0.2) is 4.79 Å². The van der Waals surface area contributed by atoms with Crippen molar-refractivity contribution in [3.8, 4) is 0 Å². The molecule has 1 aromatic rings. The summed E-state index contributed by atoms with van der Waals surface area (Å²) in [5.74, 6) is -0.900. The van der Waals surface area contributed by atoms with Gasteiger partial charge in [-0.05, 0) is 49.9 Å². The van der Waals surface area contributed by atoms with Crippen molar-refractivity contribution in [2.24, 2.45) is 0 Å². The minimum absolute atomic E-state index is 0.0586. The molecule has 2 rings (SSSR count). The number of rotatable bonds is 3. The Morgan fingerprint density at radius 3 is 2.76 bits per heavy atom. The fourth-order valence-corrected chi connectivity index (χ4v) is 2.62. The van der Waals surface area contributed by atoms with Crippen molar-refractivity contribution in [2.75, 3.05) is 19.7 Å². The van der Waals surface area contributed by atoms with Crippen LogP contribution in [0.1, 0.15) is 47.2 Å². The van der Waals surface area contributed by atoms with E-state index in [1.54, 1.807) is 6.92 Å². The number of hydrogen-bond donors (Lipinski definition) is 1. The number of benzene rings is 1. The highest BCUT2D eigenvalue weighted by atomic mass is 19.4. The molecule has 0 aliphatic carbocycles. The molecular formula is C15H18F3NO2. The third kappa shape index (κ3) is 3.75. The number of piperidine rings is 1. The Bertz CT molecular complexity index is 508. The van der Waals surface area contributed by atoms with Gasteiger partial charge in [0.1, 0.15) is 0 Å². The summed E-state index contributed by atoms with van der Waals surface area (Å²) in [5.41, 5.74) is -0.541. The molecule has 1 fully saturated rings. The fraction of sp³-hybridized carbons (Fsp3) is 0.533. The van der Waals surface area contributed by atoms with Crippen LogP contribution < -0.4 is 5.32 Å². The lowest BCUT2D eigenvalue weighted by molar-refractivity contribution is -0.138. The van der Waals surface area contributed by atoms with Gasteiger partial charge in [-0.15, -0.1) is 0 Å². The van der Waals surface area contributed by atoms with E-state index in [9.17, 15) is 18.0 Å². The van der Waals surface area contributed by atoms with Crippen LogP contribution in [0.15, 0.2) is 18.2 Å². The van der Waals surface area contributed by atoms with E-state index in [-0.39, 0.29) is 23.7 Å². The van der Waals surface area contributed by atoms with Crippen LogP contribution in [0, 0.1) is 0 Å². The lowest BCUT2D eigenvalue weighted by Crippen LogP contribution is -2.29. The Morgan fingerprint density at radius 2 is 2.19 bits per heavy atom. The van der Waals surface area contributed by atoms with E-state index in [1.807, 2.05) is 0 Å². The van der Waals surface area contributed by atoms with Gasteiger partial charge in [0.15, 0.2) is 0 Å². The molecule has 0 saturated carbocycles. The number of nitrogens with one attached hydrogen (secondary N) is 1. The Labute approximate surface area is 121 Å². The van der Waals surface area contributed by atoms with Crippen molar-refractivity contribution in [3.05, 3.63) is 34.9 Å². The van der Waals surface area contributed by atoms with E-state index in [4.69, 9.17) is 4.74 Å². The first-order valence-electron chi connectivity index (χ1n) is 7.02. The van der Waals surface area contributed by atoms with Gasteiger partial charge >= 0.3 is 12.1 Å². The van der Waals surface area contributed by atoms with Crippen LogP contribution in [0.3, 0.4) is 0 Å². The topological polar surface area (TPSA) is 38.3 Å². The van der Waals surface area contributed by atoms with Crippen LogP contribution in [0.2, 0.25) is 0 Å². The molecule has 0 amide bonds. The van der Waals surface area contributed by atoms with Crippen LogP contribution in [0.5, 0.6) is 0 Å². The van der Waals surface area contributed by atoms with E-state index in [0.29, 0.717) is 6.54 Å². The standard InChI is InChI=1S/C15H18F3NO2/c1-2-21-14(20)10-5-6-12(11-4-3-7-19-9-11)13(8-10)15(16,17)18/h5-6,8,11,19H,2-4,7,9H2,1H3. The molecule has 0 bridgehead atoms. The lowest BCUT2D eigenvalue weighted by atomic mass is 9.87. The average Bonchev–Trinajstić information content (AvgIpc) is 2.47. The van der Waals surface area contributed by atoms with E-state index >= 15 is 0 Å². The second kappa shape index (κ2) is 6.47. The van der Waals surface area contributed by atoms with E-state index in [2.05, 4.69) is 5.32 Å². The summed E-state index contributed by atoms with van der Waals surface area (Å²) in [6.45, 7) is 3.11. The predicted molar refractivity (Wildman–Crippen MR) is 72.2 cm³/mol. The summed E-state index contributed by atoms with van der Waals surface area (Å²) < 4.78 is 44.5. The van der Waals surface area contributed by atoms with Gasteiger partial charge in [0, 0.05) is 6.54 Å². The molecule has 1 heterocycles. The Hall–Kier alpha value is -1.56. The van der Waals surface area contributed by atoms with Crippen molar-refractivity contribution in [1.29, 1.82) is 0 Å². The van der Waals surface area contributed by atoms with Crippen LogP contribution in [-0.4, -0.2) is 25.7 Å². The zero-order valence-electron chi connectivity index (χ0n) is 11.8. The van der Waals surface area contributed by atoms with Gasteiger partial charge in [0.05, 0.1) is 17.7 Å². The Balaban J connectivity index is 2.38. The molecule has 1 unspecified atom stereocenters. The van der Waals surface area contributed by atoms with Gasteiger partial charge in [0.25, 0.3) is 0 Å². The normalized spacial score (nSPS) is 19.3. The quantitative estimate of drug-likeness (QED) is 0.870. The zero-order chi connectivity index (χ0) is 15.5. The summed E-state index contributed by atoms with van der Waals surface area (Å²) in [7, 11) is 0. The summed E-state index contributed by atoms with van der Waals surface area (Å²) in [6.07, 6.45) is -2.91. The maximum Gasteiger partial charge on any atom is 0.416 e. The number of ether oxygens (including phenoxy) is 1. The third-order valence-corrected chi connectivity index (χ3v) is 3.61. The van der Waals surface area contributed by atoms with Gasteiger partial charge in [-0.1, -0.05) is 6.07 Å². The number of alkyl halides is 3. The highest BCUT2D eigenvalue weighted by Crippen LogP contribution is 2.37. The van der Waals surface area contributed by atoms with Gasteiger partial charge in [-0.2, -0.15) is 13.2 Å². The molecular weight excluding hydrogens is 283 g/mol. The fourth-order valence-electron chi connectivity index (χ4n) is 2.62.